The average Bonchev–Trinajstić information content (AvgIpc) is 2.62. The van der Waals surface area contributed by atoms with Crippen molar-refractivity contribution in [2.24, 2.45) is 5.11 Å². The van der Waals surface area contributed by atoms with Crippen LogP contribution >= 0.6 is 0 Å². The first-order chi connectivity index (χ1) is 14.0. The van der Waals surface area contributed by atoms with E-state index in [1.807, 2.05) is 0 Å². The average molecular weight is 430 g/mol. The monoisotopic (exact) mass is 430 g/mol. The Labute approximate surface area is 170 Å². The van der Waals surface area contributed by atoms with Gasteiger partial charge in [0.1, 0.15) is 25.3 Å². The van der Waals surface area contributed by atoms with E-state index in [1.165, 1.54) is 0 Å². The summed E-state index contributed by atoms with van der Waals surface area (Å²) in [6, 6.07) is -1.34. The third kappa shape index (κ3) is 7.93. The number of carbonyl (C=O) groups excluding carboxylic acids is 5. The molecule has 5 atom stereocenters. The lowest BCUT2D eigenvalue weighted by Crippen LogP contribution is -2.67. The Morgan fingerprint density at radius 3 is 2.00 bits per heavy atom. The Morgan fingerprint density at radius 2 is 1.50 bits per heavy atom. The van der Waals surface area contributed by atoms with Gasteiger partial charge in [0, 0.05) is 32.6 Å². The van der Waals surface area contributed by atoms with E-state index >= 15 is 0 Å². The third-order valence-electron chi connectivity index (χ3n) is 3.59. The van der Waals surface area contributed by atoms with E-state index in [1.54, 1.807) is 0 Å². The summed E-state index contributed by atoms with van der Waals surface area (Å²) in [6.07, 6.45) is -5.42. The molecule has 1 N–H and O–H groups in total. The highest BCUT2D eigenvalue weighted by atomic mass is 16.7. The molecule has 30 heavy (non-hydrogen) atoms. The Balaban J connectivity index is 3.33. The van der Waals surface area contributed by atoms with Crippen molar-refractivity contribution in [3.8, 4) is 0 Å². The smallest absolute Gasteiger partial charge is 0.305 e. The van der Waals surface area contributed by atoms with Gasteiger partial charge in [-0.05, 0) is 5.53 Å². The molecule has 0 saturated carbocycles. The number of nitrogens with one attached hydrogen (secondary N) is 1. The number of amides is 1. The van der Waals surface area contributed by atoms with Crippen molar-refractivity contribution in [3.05, 3.63) is 10.4 Å². The largest absolute Gasteiger partial charge is 0.463 e. The van der Waals surface area contributed by atoms with Crippen LogP contribution in [0.3, 0.4) is 0 Å². The lowest BCUT2D eigenvalue weighted by atomic mass is 9.96. The molecule has 0 spiro atoms. The van der Waals surface area contributed by atoms with Crippen LogP contribution in [0.15, 0.2) is 5.11 Å². The second kappa shape index (κ2) is 11.6. The first-order valence-corrected chi connectivity index (χ1v) is 8.65. The highest BCUT2D eigenvalue weighted by Gasteiger charge is 2.52. The minimum Gasteiger partial charge on any atom is -0.463 e. The van der Waals surface area contributed by atoms with Crippen molar-refractivity contribution in [3.63, 3.8) is 0 Å². The van der Waals surface area contributed by atoms with Crippen LogP contribution in [-0.2, 0) is 47.7 Å². The normalized spacial score (nSPS) is 25.1. The maximum absolute atomic E-state index is 12.1. The first kappa shape index (κ1) is 24.7. The van der Waals surface area contributed by atoms with Gasteiger partial charge in [-0.1, -0.05) is 5.11 Å². The van der Waals surface area contributed by atoms with Crippen LogP contribution in [0.2, 0.25) is 0 Å². The molecule has 0 aromatic rings. The molecular weight excluding hydrogens is 408 g/mol. The SMILES string of the molecule is CC(=O)OCC1OC(OC(C)=O)[C@H](NC(=O)CN=[N+]=[N-])C(OC(C)=O)[C@@H]1OC(C)=O. The highest BCUT2D eigenvalue weighted by Crippen LogP contribution is 2.28. The van der Waals surface area contributed by atoms with Crippen molar-refractivity contribution >= 4 is 29.8 Å². The topological polar surface area (TPSA) is 192 Å². The third-order valence-corrected chi connectivity index (χ3v) is 3.59. The molecule has 14 heteroatoms. The molecule has 14 nitrogen and oxygen atoms in total. The van der Waals surface area contributed by atoms with Crippen molar-refractivity contribution in [2.45, 2.75) is 58.3 Å². The summed E-state index contributed by atoms with van der Waals surface area (Å²) in [7, 11) is 0. The molecule has 1 aliphatic heterocycles. The molecular formula is C16H22N4O10. The van der Waals surface area contributed by atoms with Crippen LogP contribution in [0.25, 0.3) is 10.4 Å². The van der Waals surface area contributed by atoms with E-state index in [9.17, 15) is 24.0 Å². The van der Waals surface area contributed by atoms with Crippen molar-refractivity contribution < 1.29 is 47.7 Å². The molecule has 1 rings (SSSR count). The molecule has 1 amide bonds. The van der Waals surface area contributed by atoms with Crippen LogP contribution in [0.1, 0.15) is 27.7 Å². The van der Waals surface area contributed by atoms with Crippen LogP contribution in [0.5, 0.6) is 0 Å². The molecule has 1 saturated heterocycles. The van der Waals surface area contributed by atoms with Gasteiger partial charge in [-0.2, -0.15) is 0 Å². The number of azide groups is 1. The number of hydrogen-bond acceptors (Lipinski definition) is 11. The fourth-order valence-electron chi connectivity index (χ4n) is 2.65. The summed E-state index contributed by atoms with van der Waals surface area (Å²) in [5.41, 5.74) is 8.36. The van der Waals surface area contributed by atoms with Crippen LogP contribution in [0.4, 0.5) is 0 Å². The van der Waals surface area contributed by atoms with E-state index < -0.39 is 73.6 Å². The van der Waals surface area contributed by atoms with Crippen LogP contribution in [-0.4, -0.2) is 73.6 Å². The molecule has 166 valence electrons. The lowest BCUT2D eigenvalue weighted by molar-refractivity contribution is -0.271. The van der Waals surface area contributed by atoms with Gasteiger partial charge < -0.3 is 29.0 Å². The number of ether oxygens (including phenoxy) is 5. The Morgan fingerprint density at radius 1 is 0.933 bits per heavy atom. The van der Waals surface area contributed by atoms with Gasteiger partial charge in [0.05, 0.1) is 0 Å². The summed E-state index contributed by atoms with van der Waals surface area (Å²) in [5, 5.41) is 5.48. The van der Waals surface area contributed by atoms with Gasteiger partial charge in [0.25, 0.3) is 0 Å². The maximum Gasteiger partial charge on any atom is 0.305 e. The Kier molecular flexibility index (Phi) is 9.52. The van der Waals surface area contributed by atoms with Gasteiger partial charge >= 0.3 is 23.9 Å². The zero-order valence-electron chi connectivity index (χ0n) is 16.7. The van der Waals surface area contributed by atoms with E-state index in [4.69, 9.17) is 29.2 Å². The van der Waals surface area contributed by atoms with E-state index in [0.717, 1.165) is 27.7 Å². The summed E-state index contributed by atoms with van der Waals surface area (Å²) in [5.74, 6) is -3.86. The van der Waals surface area contributed by atoms with Crippen molar-refractivity contribution in [2.75, 3.05) is 13.2 Å². The van der Waals surface area contributed by atoms with E-state index in [0.29, 0.717) is 0 Å². The predicted molar refractivity (Wildman–Crippen MR) is 94.1 cm³/mol. The predicted octanol–water partition coefficient (Wildman–Crippen LogP) is -0.504. The zero-order chi connectivity index (χ0) is 22.8. The second-order valence-electron chi connectivity index (χ2n) is 6.09. The second-order valence-corrected chi connectivity index (χ2v) is 6.09. The summed E-state index contributed by atoms with van der Waals surface area (Å²) < 4.78 is 25.9. The fourth-order valence-corrected chi connectivity index (χ4v) is 2.65. The van der Waals surface area contributed by atoms with Gasteiger partial charge in [-0.15, -0.1) is 0 Å². The van der Waals surface area contributed by atoms with Gasteiger partial charge in [0.15, 0.2) is 12.2 Å². The molecule has 0 bridgehead atoms. The number of nitrogens with zero attached hydrogens (tertiary/aromatic N) is 3. The number of rotatable bonds is 8. The Hall–Kier alpha value is -3.38. The molecule has 0 aromatic heterocycles. The molecule has 0 aromatic carbocycles. The van der Waals surface area contributed by atoms with Gasteiger partial charge in [-0.25, -0.2) is 0 Å². The minimum absolute atomic E-state index is 0.428. The molecule has 0 radical (unpaired) electrons. The lowest BCUT2D eigenvalue weighted by Gasteiger charge is -2.44. The number of hydrogen-bond donors (Lipinski definition) is 1. The summed E-state index contributed by atoms with van der Waals surface area (Å²) in [4.78, 5) is 60.5. The highest BCUT2D eigenvalue weighted by molar-refractivity contribution is 5.79. The first-order valence-electron chi connectivity index (χ1n) is 8.65. The maximum atomic E-state index is 12.1. The molecule has 0 aliphatic carbocycles. The fraction of sp³-hybridized carbons (Fsp3) is 0.688. The molecule has 1 aliphatic rings. The van der Waals surface area contributed by atoms with Crippen molar-refractivity contribution in [1.29, 1.82) is 0 Å². The number of esters is 4. The van der Waals surface area contributed by atoms with Gasteiger partial charge in [-0.3, -0.25) is 24.0 Å². The standard InChI is InChI=1S/C16H22N4O10/c1-7(21)26-6-11-14(27-8(2)22)15(28-9(3)23)13(16(30-11)29-10(4)24)19-12(25)5-18-20-17/h11,13-16H,5-6H2,1-4H3,(H,19,25)/t11?,13-,14-,15?,16?/m1/s1. The van der Waals surface area contributed by atoms with Crippen molar-refractivity contribution in [1.82, 2.24) is 5.32 Å². The molecule has 1 heterocycles. The van der Waals surface area contributed by atoms with E-state index in [2.05, 4.69) is 15.3 Å². The summed E-state index contributed by atoms with van der Waals surface area (Å²) >= 11 is 0. The number of carbonyl (C=O) groups is 5. The van der Waals surface area contributed by atoms with Crippen LogP contribution in [0, 0.1) is 0 Å². The Bertz CT molecular complexity index is 736. The van der Waals surface area contributed by atoms with Gasteiger partial charge in [0.2, 0.25) is 12.2 Å². The summed E-state index contributed by atoms with van der Waals surface area (Å²) in [6.45, 7) is 3.32. The molecule has 3 unspecified atom stereocenters. The minimum atomic E-state index is -1.51. The van der Waals surface area contributed by atoms with E-state index in [-0.39, 0.29) is 0 Å². The van der Waals surface area contributed by atoms with Crippen LogP contribution < -0.4 is 5.32 Å². The molecule has 1 fully saturated rings. The quantitative estimate of drug-likeness (QED) is 0.172. The zero-order valence-corrected chi connectivity index (χ0v) is 16.7.